The third-order valence-corrected chi connectivity index (χ3v) is 3.92. The van der Waals surface area contributed by atoms with Gasteiger partial charge in [-0.25, -0.2) is 4.79 Å². The molecule has 0 saturated carbocycles. The van der Waals surface area contributed by atoms with E-state index in [1.165, 1.54) is 12.3 Å². The van der Waals surface area contributed by atoms with Crippen LogP contribution in [0.2, 0.25) is 5.02 Å². The fourth-order valence-electron chi connectivity index (χ4n) is 2.28. The topological polar surface area (TPSA) is 81.7 Å². The number of halogens is 1. The van der Waals surface area contributed by atoms with Crippen LogP contribution in [0.5, 0.6) is 0 Å². The van der Waals surface area contributed by atoms with Crippen LogP contribution in [0.25, 0.3) is 11.3 Å². The van der Waals surface area contributed by atoms with Crippen LogP contribution >= 0.6 is 11.6 Å². The molecule has 0 bridgehead atoms. The second-order valence-electron chi connectivity index (χ2n) is 5.52. The van der Waals surface area contributed by atoms with Crippen molar-refractivity contribution in [3.63, 3.8) is 0 Å². The van der Waals surface area contributed by atoms with E-state index in [2.05, 4.69) is 5.32 Å². The molecule has 0 saturated heterocycles. The molecule has 0 aliphatic carbocycles. The minimum absolute atomic E-state index is 0.189. The van der Waals surface area contributed by atoms with Gasteiger partial charge in [-0.15, -0.1) is 0 Å². The molecule has 2 heterocycles. The molecule has 2 aromatic heterocycles. The van der Waals surface area contributed by atoms with Crippen LogP contribution in [0.1, 0.15) is 21.9 Å². The number of ether oxygens (including phenoxy) is 1. The third kappa shape index (κ3) is 4.34. The third-order valence-electron chi connectivity index (χ3n) is 3.66. The molecule has 6 nitrogen and oxygen atoms in total. The van der Waals surface area contributed by atoms with Gasteiger partial charge in [0.2, 0.25) is 0 Å². The molecule has 134 valence electrons. The Morgan fingerprint density at radius 2 is 1.88 bits per heavy atom. The molecule has 7 heteroatoms. The highest BCUT2D eigenvalue weighted by molar-refractivity contribution is 6.30. The Labute approximate surface area is 154 Å². The largest absolute Gasteiger partial charge is 0.469 e. The summed E-state index contributed by atoms with van der Waals surface area (Å²) in [6.45, 7) is 1.45. The number of carbonyl (C=O) groups excluding carboxylic acids is 2. The fraction of sp³-hybridized carbons (Fsp3) is 0.158. The van der Waals surface area contributed by atoms with E-state index >= 15 is 0 Å². The van der Waals surface area contributed by atoms with Gasteiger partial charge in [0.15, 0.2) is 6.61 Å². The Morgan fingerprint density at radius 3 is 2.58 bits per heavy atom. The maximum atomic E-state index is 11.8. The molecule has 0 aliphatic rings. The van der Waals surface area contributed by atoms with Crippen molar-refractivity contribution in [2.45, 2.75) is 13.5 Å². The number of hydrogen-bond acceptors (Lipinski definition) is 5. The van der Waals surface area contributed by atoms with E-state index < -0.39 is 11.9 Å². The predicted octanol–water partition coefficient (Wildman–Crippen LogP) is 3.97. The van der Waals surface area contributed by atoms with Crippen molar-refractivity contribution in [3.05, 3.63) is 70.8 Å². The molecule has 0 aliphatic heterocycles. The van der Waals surface area contributed by atoms with Crippen LogP contribution in [-0.4, -0.2) is 18.5 Å². The van der Waals surface area contributed by atoms with Crippen molar-refractivity contribution in [1.29, 1.82) is 0 Å². The molecular formula is C19H16ClNO5. The van der Waals surface area contributed by atoms with Gasteiger partial charge in [0.25, 0.3) is 5.91 Å². The molecule has 1 amide bonds. The van der Waals surface area contributed by atoms with Gasteiger partial charge < -0.3 is 18.9 Å². The summed E-state index contributed by atoms with van der Waals surface area (Å²) in [5.41, 5.74) is 1.19. The zero-order valence-corrected chi connectivity index (χ0v) is 14.7. The summed E-state index contributed by atoms with van der Waals surface area (Å²) < 4.78 is 15.7. The number of benzene rings is 1. The summed E-state index contributed by atoms with van der Waals surface area (Å²) in [4.78, 5) is 23.6. The molecule has 0 atom stereocenters. The SMILES string of the molecule is Cc1occc1C(=O)OCC(=O)NCc1ccc(-c2ccc(Cl)cc2)o1. The Morgan fingerprint density at radius 1 is 1.12 bits per heavy atom. The van der Waals surface area contributed by atoms with Crippen molar-refractivity contribution in [1.82, 2.24) is 5.32 Å². The molecule has 3 aromatic rings. The number of esters is 1. The molecule has 0 spiro atoms. The van der Waals surface area contributed by atoms with Gasteiger partial charge in [0.1, 0.15) is 22.8 Å². The van der Waals surface area contributed by atoms with Crippen LogP contribution in [0.4, 0.5) is 0 Å². The second kappa shape index (κ2) is 7.93. The van der Waals surface area contributed by atoms with Gasteiger partial charge in [0, 0.05) is 10.6 Å². The van der Waals surface area contributed by atoms with Gasteiger partial charge in [-0.2, -0.15) is 0 Å². The highest BCUT2D eigenvalue weighted by Crippen LogP contribution is 2.23. The number of hydrogen-bond donors (Lipinski definition) is 1. The van der Waals surface area contributed by atoms with Crippen LogP contribution < -0.4 is 5.32 Å². The first-order valence-corrected chi connectivity index (χ1v) is 8.23. The first kappa shape index (κ1) is 17.8. The maximum Gasteiger partial charge on any atom is 0.342 e. The van der Waals surface area contributed by atoms with E-state index in [1.807, 2.05) is 18.2 Å². The monoisotopic (exact) mass is 373 g/mol. The van der Waals surface area contributed by atoms with Crippen LogP contribution in [0.15, 0.2) is 57.6 Å². The normalized spacial score (nSPS) is 10.5. The Kier molecular flexibility index (Phi) is 5.43. The van der Waals surface area contributed by atoms with E-state index in [4.69, 9.17) is 25.2 Å². The number of rotatable bonds is 6. The molecule has 1 aromatic carbocycles. The van der Waals surface area contributed by atoms with E-state index in [9.17, 15) is 9.59 Å². The quantitative estimate of drug-likeness (QED) is 0.661. The first-order valence-electron chi connectivity index (χ1n) is 7.85. The average Bonchev–Trinajstić information content (AvgIpc) is 3.27. The average molecular weight is 374 g/mol. The lowest BCUT2D eigenvalue weighted by molar-refractivity contribution is -0.124. The standard InChI is InChI=1S/C19H16ClNO5/c1-12-16(8-9-24-12)19(23)25-11-18(22)21-10-15-6-7-17(26-15)13-2-4-14(20)5-3-13/h2-9H,10-11H2,1H3,(H,21,22). The molecule has 3 rings (SSSR count). The van der Waals surface area contributed by atoms with Crippen molar-refractivity contribution in [2.75, 3.05) is 6.61 Å². The van der Waals surface area contributed by atoms with E-state index in [-0.39, 0.29) is 13.2 Å². The minimum Gasteiger partial charge on any atom is -0.469 e. The van der Waals surface area contributed by atoms with Crippen molar-refractivity contribution in [2.24, 2.45) is 0 Å². The van der Waals surface area contributed by atoms with Crippen molar-refractivity contribution >= 4 is 23.5 Å². The van der Waals surface area contributed by atoms with Gasteiger partial charge in [-0.1, -0.05) is 11.6 Å². The van der Waals surface area contributed by atoms with Gasteiger partial charge in [0.05, 0.1) is 12.8 Å². The van der Waals surface area contributed by atoms with Crippen LogP contribution in [0, 0.1) is 6.92 Å². The van der Waals surface area contributed by atoms with Crippen LogP contribution in [-0.2, 0) is 16.1 Å². The van der Waals surface area contributed by atoms with Crippen LogP contribution in [0.3, 0.4) is 0 Å². The lowest BCUT2D eigenvalue weighted by Gasteiger charge is -2.05. The first-order chi connectivity index (χ1) is 12.5. The number of aryl methyl sites for hydroxylation is 1. The fourth-order valence-corrected chi connectivity index (χ4v) is 2.41. The lowest BCUT2D eigenvalue weighted by atomic mass is 10.2. The Hall–Kier alpha value is -2.99. The Balaban J connectivity index is 1.48. The summed E-state index contributed by atoms with van der Waals surface area (Å²) >= 11 is 5.86. The summed E-state index contributed by atoms with van der Waals surface area (Å²) in [5, 5.41) is 3.28. The smallest absolute Gasteiger partial charge is 0.342 e. The second-order valence-corrected chi connectivity index (χ2v) is 5.95. The zero-order chi connectivity index (χ0) is 18.5. The number of furan rings is 2. The van der Waals surface area contributed by atoms with E-state index in [0.717, 1.165) is 5.56 Å². The Bertz CT molecular complexity index is 910. The van der Waals surface area contributed by atoms with Gasteiger partial charge in [-0.3, -0.25) is 4.79 Å². The highest BCUT2D eigenvalue weighted by atomic mass is 35.5. The number of amides is 1. The molecule has 0 radical (unpaired) electrons. The summed E-state index contributed by atoms with van der Waals surface area (Å²) in [7, 11) is 0. The molecule has 0 unspecified atom stereocenters. The zero-order valence-electron chi connectivity index (χ0n) is 14.0. The predicted molar refractivity (Wildman–Crippen MR) is 94.7 cm³/mol. The number of carbonyl (C=O) groups is 2. The molecule has 0 fully saturated rings. The summed E-state index contributed by atoms with van der Waals surface area (Å²) in [6, 6.07) is 12.3. The minimum atomic E-state index is -0.602. The van der Waals surface area contributed by atoms with Gasteiger partial charge >= 0.3 is 5.97 Å². The molecular weight excluding hydrogens is 358 g/mol. The highest BCUT2D eigenvalue weighted by Gasteiger charge is 2.15. The van der Waals surface area contributed by atoms with E-state index in [0.29, 0.717) is 27.9 Å². The van der Waals surface area contributed by atoms with Gasteiger partial charge in [-0.05, 0) is 49.4 Å². The van der Waals surface area contributed by atoms with Crippen molar-refractivity contribution < 1.29 is 23.2 Å². The molecule has 26 heavy (non-hydrogen) atoms. The van der Waals surface area contributed by atoms with Crippen molar-refractivity contribution in [3.8, 4) is 11.3 Å². The van der Waals surface area contributed by atoms with E-state index in [1.54, 1.807) is 25.1 Å². The number of nitrogens with one attached hydrogen (secondary N) is 1. The lowest BCUT2D eigenvalue weighted by Crippen LogP contribution is -2.28. The summed E-state index contributed by atoms with van der Waals surface area (Å²) in [6.07, 6.45) is 1.39. The molecule has 1 N–H and O–H groups in total. The summed E-state index contributed by atoms with van der Waals surface area (Å²) in [5.74, 6) is 0.673. The maximum absolute atomic E-state index is 11.8.